The summed E-state index contributed by atoms with van der Waals surface area (Å²) in [5.74, 6) is 1.64. The van der Waals surface area contributed by atoms with Crippen LogP contribution in [0.2, 0.25) is 0 Å². The Bertz CT molecular complexity index is 817. The highest BCUT2D eigenvalue weighted by Gasteiger charge is 2.25. The standard InChI is InChI=1S/C21H28FN5O2/c1-23-21(25-14-16-5-3-6-18(13-16)29-12-11-28-2)26-17-8-10-27(15-17)20-19(22)7-4-9-24-20/h3-7,9,13,17H,8,10-12,14-15H2,1-2H3,(H2,23,25,26). The van der Waals surface area contributed by atoms with Crippen molar-refractivity contribution < 1.29 is 13.9 Å². The maximum atomic E-state index is 14.0. The van der Waals surface area contributed by atoms with E-state index >= 15 is 0 Å². The van der Waals surface area contributed by atoms with Gasteiger partial charge in [0.1, 0.15) is 12.4 Å². The zero-order valence-corrected chi connectivity index (χ0v) is 16.9. The van der Waals surface area contributed by atoms with Gasteiger partial charge in [0.2, 0.25) is 0 Å². The first-order chi connectivity index (χ1) is 14.2. The number of halogens is 1. The summed E-state index contributed by atoms with van der Waals surface area (Å²) < 4.78 is 24.6. The van der Waals surface area contributed by atoms with E-state index in [1.165, 1.54) is 6.07 Å². The molecule has 1 aromatic carbocycles. The van der Waals surface area contributed by atoms with Crippen molar-refractivity contribution in [3.8, 4) is 5.75 Å². The highest BCUT2D eigenvalue weighted by atomic mass is 19.1. The lowest BCUT2D eigenvalue weighted by molar-refractivity contribution is 0.146. The quantitative estimate of drug-likeness (QED) is 0.401. The lowest BCUT2D eigenvalue weighted by Gasteiger charge is -2.20. The molecule has 1 aliphatic rings. The fourth-order valence-corrected chi connectivity index (χ4v) is 3.24. The summed E-state index contributed by atoms with van der Waals surface area (Å²) in [4.78, 5) is 10.4. The van der Waals surface area contributed by atoms with Gasteiger partial charge in [0, 0.05) is 46.0 Å². The fourth-order valence-electron chi connectivity index (χ4n) is 3.24. The maximum Gasteiger partial charge on any atom is 0.191 e. The van der Waals surface area contributed by atoms with E-state index in [-0.39, 0.29) is 11.9 Å². The molecule has 0 aliphatic carbocycles. The number of nitrogens with one attached hydrogen (secondary N) is 2. The number of hydrogen-bond acceptors (Lipinski definition) is 5. The number of pyridine rings is 1. The normalized spacial score (nSPS) is 16.7. The van der Waals surface area contributed by atoms with Gasteiger partial charge in [0.25, 0.3) is 0 Å². The van der Waals surface area contributed by atoms with E-state index < -0.39 is 0 Å². The van der Waals surface area contributed by atoms with E-state index in [1.54, 1.807) is 26.4 Å². The van der Waals surface area contributed by atoms with Gasteiger partial charge in [-0.15, -0.1) is 0 Å². The molecule has 7 nitrogen and oxygen atoms in total. The van der Waals surface area contributed by atoms with E-state index in [0.29, 0.717) is 38.1 Å². The molecule has 1 unspecified atom stereocenters. The molecule has 1 atom stereocenters. The lowest BCUT2D eigenvalue weighted by atomic mass is 10.2. The van der Waals surface area contributed by atoms with Gasteiger partial charge in [-0.25, -0.2) is 9.37 Å². The first-order valence-electron chi connectivity index (χ1n) is 9.73. The predicted molar refractivity (Wildman–Crippen MR) is 112 cm³/mol. The van der Waals surface area contributed by atoms with E-state index in [0.717, 1.165) is 24.3 Å². The van der Waals surface area contributed by atoms with E-state index in [4.69, 9.17) is 9.47 Å². The molecule has 1 saturated heterocycles. The second-order valence-electron chi connectivity index (χ2n) is 6.80. The van der Waals surface area contributed by atoms with Gasteiger partial charge in [-0.3, -0.25) is 4.99 Å². The summed E-state index contributed by atoms with van der Waals surface area (Å²) in [6, 6.07) is 11.1. The molecule has 1 aliphatic heterocycles. The molecule has 0 spiro atoms. The monoisotopic (exact) mass is 401 g/mol. The predicted octanol–water partition coefficient (Wildman–Crippen LogP) is 2.19. The van der Waals surface area contributed by atoms with Gasteiger partial charge in [0.05, 0.1) is 6.61 Å². The minimum absolute atomic E-state index is 0.173. The first-order valence-corrected chi connectivity index (χ1v) is 9.73. The van der Waals surface area contributed by atoms with Gasteiger partial charge >= 0.3 is 0 Å². The van der Waals surface area contributed by atoms with Crippen LogP contribution in [0.1, 0.15) is 12.0 Å². The molecule has 2 heterocycles. The summed E-state index contributed by atoms with van der Waals surface area (Å²) in [5, 5.41) is 6.73. The summed E-state index contributed by atoms with van der Waals surface area (Å²) in [7, 11) is 3.39. The van der Waals surface area contributed by atoms with Crippen molar-refractivity contribution in [1.29, 1.82) is 0 Å². The van der Waals surface area contributed by atoms with Gasteiger partial charge in [-0.05, 0) is 36.2 Å². The molecule has 1 aromatic heterocycles. The number of methoxy groups -OCH3 is 1. The second-order valence-corrected chi connectivity index (χ2v) is 6.80. The fraction of sp³-hybridized carbons (Fsp3) is 0.429. The summed E-state index contributed by atoms with van der Waals surface area (Å²) >= 11 is 0. The number of nitrogens with zero attached hydrogens (tertiary/aromatic N) is 3. The number of aliphatic imine (C=N–C) groups is 1. The van der Waals surface area contributed by atoms with Gasteiger partial charge in [-0.2, -0.15) is 0 Å². The number of hydrogen-bond donors (Lipinski definition) is 2. The summed E-state index contributed by atoms with van der Waals surface area (Å²) in [5.41, 5.74) is 1.09. The lowest BCUT2D eigenvalue weighted by Crippen LogP contribution is -2.44. The van der Waals surface area contributed by atoms with Crippen molar-refractivity contribution in [1.82, 2.24) is 15.6 Å². The van der Waals surface area contributed by atoms with Gasteiger partial charge < -0.3 is 25.0 Å². The molecular formula is C21H28FN5O2. The minimum atomic E-state index is -0.289. The van der Waals surface area contributed by atoms with E-state index in [9.17, 15) is 4.39 Å². The van der Waals surface area contributed by atoms with Crippen LogP contribution in [0, 0.1) is 5.82 Å². The Hall–Kier alpha value is -2.87. The zero-order valence-electron chi connectivity index (χ0n) is 16.9. The number of benzene rings is 1. The average Bonchev–Trinajstić information content (AvgIpc) is 3.20. The zero-order chi connectivity index (χ0) is 20.5. The van der Waals surface area contributed by atoms with Crippen molar-refractivity contribution in [2.24, 2.45) is 4.99 Å². The molecule has 0 amide bonds. The van der Waals surface area contributed by atoms with Gasteiger partial charge in [-0.1, -0.05) is 12.1 Å². The molecule has 8 heteroatoms. The van der Waals surface area contributed by atoms with Crippen molar-refractivity contribution >= 4 is 11.8 Å². The Morgan fingerprint density at radius 2 is 2.21 bits per heavy atom. The second kappa shape index (κ2) is 10.6. The van der Waals surface area contributed by atoms with Crippen LogP contribution in [0.3, 0.4) is 0 Å². The smallest absolute Gasteiger partial charge is 0.191 e. The van der Waals surface area contributed by atoms with E-state index in [1.807, 2.05) is 29.2 Å². The van der Waals surface area contributed by atoms with Gasteiger partial charge in [0.15, 0.2) is 17.6 Å². The molecule has 29 heavy (non-hydrogen) atoms. The molecular weight excluding hydrogens is 373 g/mol. The third kappa shape index (κ3) is 6.05. The molecule has 1 fully saturated rings. The number of aromatic nitrogens is 1. The molecule has 2 aromatic rings. The van der Waals surface area contributed by atoms with Crippen LogP contribution < -0.4 is 20.3 Å². The molecule has 156 valence electrons. The molecule has 0 bridgehead atoms. The van der Waals surface area contributed by atoms with E-state index in [2.05, 4.69) is 20.6 Å². The van der Waals surface area contributed by atoms with Crippen LogP contribution in [-0.4, -0.2) is 57.4 Å². The molecule has 0 radical (unpaired) electrons. The minimum Gasteiger partial charge on any atom is -0.491 e. The van der Waals surface area contributed by atoms with Crippen LogP contribution in [0.4, 0.5) is 10.2 Å². The Kier molecular flexibility index (Phi) is 7.63. The Morgan fingerprint density at radius 3 is 3.00 bits per heavy atom. The number of ether oxygens (including phenoxy) is 2. The maximum absolute atomic E-state index is 14.0. The highest BCUT2D eigenvalue weighted by Crippen LogP contribution is 2.20. The molecule has 3 rings (SSSR count). The third-order valence-electron chi connectivity index (χ3n) is 4.71. The van der Waals surface area contributed by atoms with Crippen LogP contribution >= 0.6 is 0 Å². The van der Waals surface area contributed by atoms with Crippen molar-refractivity contribution in [2.75, 3.05) is 45.4 Å². The first kappa shape index (κ1) is 20.9. The van der Waals surface area contributed by atoms with Crippen LogP contribution in [-0.2, 0) is 11.3 Å². The number of guanidine groups is 1. The Labute approximate surface area is 170 Å². The van der Waals surface area contributed by atoms with Crippen LogP contribution in [0.15, 0.2) is 47.6 Å². The van der Waals surface area contributed by atoms with Crippen LogP contribution in [0.25, 0.3) is 0 Å². The number of anilines is 1. The van der Waals surface area contributed by atoms with Crippen molar-refractivity contribution in [2.45, 2.75) is 19.0 Å². The summed E-state index contributed by atoms with van der Waals surface area (Å²) in [6.07, 6.45) is 2.51. The third-order valence-corrected chi connectivity index (χ3v) is 4.71. The molecule has 2 N–H and O–H groups in total. The largest absolute Gasteiger partial charge is 0.491 e. The highest BCUT2D eigenvalue weighted by molar-refractivity contribution is 5.80. The Morgan fingerprint density at radius 1 is 1.31 bits per heavy atom. The van der Waals surface area contributed by atoms with Crippen molar-refractivity contribution in [3.63, 3.8) is 0 Å². The summed E-state index contributed by atoms with van der Waals surface area (Å²) in [6.45, 7) is 3.12. The van der Waals surface area contributed by atoms with Crippen LogP contribution in [0.5, 0.6) is 5.75 Å². The SMILES string of the molecule is CN=C(NCc1cccc(OCCOC)c1)NC1CCN(c2ncccc2F)C1. The topological polar surface area (TPSA) is 71.0 Å². The molecule has 0 saturated carbocycles. The Balaban J connectivity index is 1.49. The number of rotatable bonds is 8. The van der Waals surface area contributed by atoms with Crippen molar-refractivity contribution in [3.05, 3.63) is 54.0 Å². The average molecular weight is 401 g/mol.